The van der Waals surface area contributed by atoms with E-state index in [0.717, 1.165) is 22.8 Å². The molecule has 1 aliphatic rings. The summed E-state index contributed by atoms with van der Waals surface area (Å²) >= 11 is 1.51. The number of carbonyl (C=O) groups is 1. The first kappa shape index (κ1) is 12.3. The van der Waals surface area contributed by atoms with E-state index >= 15 is 0 Å². The number of pyridine rings is 1. The molecule has 0 spiro atoms. The number of hydrogen-bond donors (Lipinski definition) is 0. The van der Waals surface area contributed by atoms with Gasteiger partial charge in [-0.2, -0.15) is 0 Å². The fraction of sp³-hybridized carbons (Fsp3) is 0.357. The molecule has 19 heavy (non-hydrogen) atoms. The van der Waals surface area contributed by atoms with Crippen LogP contribution in [-0.2, 0) is 16.1 Å². The lowest BCUT2D eigenvalue weighted by atomic mass is 10.3. The smallest absolute Gasteiger partial charge is 0.309 e. The van der Waals surface area contributed by atoms with Crippen LogP contribution in [0.1, 0.15) is 19.0 Å². The quantitative estimate of drug-likeness (QED) is 0.804. The normalized spacial score (nSPS) is 21.1. The maximum atomic E-state index is 11.6. The zero-order valence-electron chi connectivity index (χ0n) is 10.6. The monoisotopic (exact) mass is 274 g/mol. The second-order valence-corrected chi connectivity index (χ2v) is 5.64. The molecule has 2 atom stereocenters. The molecule has 0 bridgehead atoms. The van der Waals surface area contributed by atoms with Crippen LogP contribution < -0.4 is 0 Å². The molecule has 2 aromatic rings. The Labute approximate surface area is 115 Å². The maximum absolute atomic E-state index is 11.6. The number of nitrogens with zero attached hydrogens (tertiary/aromatic N) is 2. The standard InChI is InChI=1S/C14H14N2O2S/c1-9-6-11(9)14(17)18-7-10-8-19-13(16-10)12-4-2-3-5-15-12/h2-5,8-9,11H,6-7H2,1H3. The van der Waals surface area contributed by atoms with Crippen LogP contribution in [0.5, 0.6) is 0 Å². The second kappa shape index (κ2) is 5.09. The minimum absolute atomic E-state index is 0.0973. The molecule has 0 radical (unpaired) electrons. The number of aromatic nitrogens is 2. The fourth-order valence-corrected chi connectivity index (χ4v) is 2.66. The van der Waals surface area contributed by atoms with Gasteiger partial charge in [0.1, 0.15) is 11.6 Å². The largest absolute Gasteiger partial charge is 0.459 e. The number of carbonyl (C=O) groups excluding carboxylic acids is 1. The van der Waals surface area contributed by atoms with E-state index in [-0.39, 0.29) is 18.5 Å². The van der Waals surface area contributed by atoms with Crippen LogP contribution in [0.15, 0.2) is 29.8 Å². The minimum atomic E-state index is -0.0973. The zero-order chi connectivity index (χ0) is 13.2. The van der Waals surface area contributed by atoms with Crippen LogP contribution in [-0.4, -0.2) is 15.9 Å². The molecule has 0 N–H and O–H groups in total. The van der Waals surface area contributed by atoms with Crippen LogP contribution in [0.3, 0.4) is 0 Å². The number of esters is 1. The van der Waals surface area contributed by atoms with Gasteiger partial charge in [0.15, 0.2) is 0 Å². The SMILES string of the molecule is CC1CC1C(=O)OCc1csc(-c2ccccn2)n1. The summed E-state index contributed by atoms with van der Waals surface area (Å²) in [6.07, 6.45) is 2.69. The van der Waals surface area contributed by atoms with Crippen LogP contribution in [0.4, 0.5) is 0 Å². The molecule has 2 heterocycles. The first-order valence-corrected chi connectivity index (χ1v) is 7.14. The number of thiazole rings is 1. The molecule has 1 fully saturated rings. The van der Waals surface area contributed by atoms with Gasteiger partial charge in [0, 0.05) is 11.6 Å². The second-order valence-electron chi connectivity index (χ2n) is 4.79. The van der Waals surface area contributed by atoms with E-state index in [1.807, 2.05) is 23.6 Å². The van der Waals surface area contributed by atoms with E-state index in [2.05, 4.69) is 16.9 Å². The zero-order valence-corrected chi connectivity index (χ0v) is 11.4. The highest BCUT2D eigenvalue weighted by atomic mass is 32.1. The van der Waals surface area contributed by atoms with Crippen molar-refractivity contribution in [2.45, 2.75) is 20.0 Å². The summed E-state index contributed by atoms with van der Waals surface area (Å²) in [6.45, 7) is 2.32. The first-order valence-electron chi connectivity index (χ1n) is 6.26. The predicted molar refractivity (Wildman–Crippen MR) is 72.4 cm³/mol. The van der Waals surface area contributed by atoms with E-state index in [4.69, 9.17) is 4.74 Å². The highest BCUT2D eigenvalue weighted by Gasteiger charge is 2.40. The highest BCUT2D eigenvalue weighted by Crippen LogP contribution is 2.38. The predicted octanol–water partition coefficient (Wildman–Crippen LogP) is 2.90. The molecule has 0 amide bonds. The van der Waals surface area contributed by atoms with Crippen LogP contribution in [0, 0.1) is 11.8 Å². The van der Waals surface area contributed by atoms with Gasteiger partial charge in [0.2, 0.25) is 0 Å². The highest BCUT2D eigenvalue weighted by molar-refractivity contribution is 7.13. The van der Waals surface area contributed by atoms with Crippen LogP contribution in [0.2, 0.25) is 0 Å². The Morgan fingerprint density at radius 3 is 3.05 bits per heavy atom. The summed E-state index contributed by atoms with van der Waals surface area (Å²) in [7, 11) is 0. The van der Waals surface area contributed by atoms with Crippen molar-refractivity contribution < 1.29 is 9.53 Å². The molecule has 0 saturated heterocycles. The Kier molecular flexibility index (Phi) is 3.29. The summed E-state index contributed by atoms with van der Waals surface area (Å²) in [5, 5.41) is 2.76. The third kappa shape index (κ3) is 2.81. The van der Waals surface area contributed by atoms with Gasteiger partial charge in [-0.1, -0.05) is 13.0 Å². The average molecular weight is 274 g/mol. The van der Waals surface area contributed by atoms with Gasteiger partial charge in [-0.25, -0.2) is 4.98 Å². The van der Waals surface area contributed by atoms with Gasteiger partial charge < -0.3 is 4.74 Å². The van der Waals surface area contributed by atoms with Gasteiger partial charge in [0.05, 0.1) is 17.3 Å². The van der Waals surface area contributed by atoms with E-state index < -0.39 is 0 Å². The van der Waals surface area contributed by atoms with Gasteiger partial charge in [-0.3, -0.25) is 9.78 Å². The van der Waals surface area contributed by atoms with Gasteiger partial charge in [-0.15, -0.1) is 11.3 Å². The van der Waals surface area contributed by atoms with Crippen molar-refractivity contribution in [3.05, 3.63) is 35.5 Å². The lowest BCUT2D eigenvalue weighted by Gasteiger charge is -2.00. The van der Waals surface area contributed by atoms with Crippen LogP contribution >= 0.6 is 11.3 Å². The van der Waals surface area contributed by atoms with Crippen molar-refractivity contribution in [3.63, 3.8) is 0 Å². The molecule has 5 heteroatoms. The van der Waals surface area contributed by atoms with Gasteiger partial charge >= 0.3 is 5.97 Å². The molecular formula is C14H14N2O2S. The Hall–Kier alpha value is -1.75. The van der Waals surface area contributed by atoms with Crippen LogP contribution in [0.25, 0.3) is 10.7 Å². The Balaban J connectivity index is 1.61. The van der Waals surface area contributed by atoms with Crippen molar-refractivity contribution in [3.8, 4) is 10.7 Å². The van der Waals surface area contributed by atoms with Crippen molar-refractivity contribution in [1.29, 1.82) is 0 Å². The molecule has 1 saturated carbocycles. The fourth-order valence-electron chi connectivity index (χ4n) is 1.88. The van der Waals surface area contributed by atoms with E-state index in [1.54, 1.807) is 6.20 Å². The summed E-state index contributed by atoms with van der Waals surface area (Å²) in [4.78, 5) is 20.3. The Bertz CT molecular complexity index is 582. The summed E-state index contributed by atoms with van der Waals surface area (Å²) < 4.78 is 5.26. The van der Waals surface area contributed by atoms with Crippen molar-refractivity contribution in [1.82, 2.24) is 9.97 Å². The molecule has 2 aromatic heterocycles. The molecule has 0 aliphatic heterocycles. The van der Waals surface area contributed by atoms with E-state index in [1.165, 1.54) is 11.3 Å². The van der Waals surface area contributed by atoms with Gasteiger partial charge in [-0.05, 0) is 24.5 Å². The Morgan fingerprint density at radius 2 is 2.37 bits per heavy atom. The molecule has 2 unspecified atom stereocenters. The van der Waals surface area contributed by atoms with Crippen molar-refractivity contribution in [2.75, 3.05) is 0 Å². The third-order valence-electron chi connectivity index (χ3n) is 3.21. The summed E-state index contributed by atoms with van der Waals surface area (Å²) in [6, 6.07) is 5.72. The summed E-state index contributed by atoms with van der Waals surface area (Å²) in [5.74, 6) is 0.487. The van der Waals surface area contributed by atoms with Gasteiger partial charge in [0.25, 0.3) is 0 Å². The molecule has 98 valence electrons. The lowest BCUT2D eigenvalue weighted by molar-refractivity contribution is -0.146. The molecule has 4 nitrogen and oxygen atoms in total. The van der Waals surface area contributed by atoms with Crippen molar-refractivity contribution >= 4 is 17.3 Å². The molecule has 3 rings (SSSR count). The number of ether oxygens (including phenoxy) is 1. The average Bonchev–Trinajstić information content (AvgIpc) is 3.00. The minimum Gasteiger partial charge on any atom is -0.459 e. The molecule has 0 aromatic carbocycles. The van der Waals surface area contributed by atoms with E-state index in [0.29, 0.717) is 5.92 Å². The number of hydrogen-bond acceptors (Lipinski definition) is 5. The first-order chi connectivity index (χ1) is 9.24. The Morgan fingerprint density at radius 1 is 1.53 bits per heavy atom. The summed E-state index contributed by atoms with van der Waals surface area (Å²) in [5.41, 5.74) is 1.63. The van der Waals surface area contributed by atoms with E-state index in [9.17, 15) is 4.79 Å². The van der Waals surface area contributed by atoms with Crippen molar-refractivity contribution in [2.24, 2.45) is 11.8 Å². The third-order valence-corrected chi connectivity index (χ3v) is 4.12. The molecular weight excluding hydrogens is 260 g/mol. The maximum Gasteiger partial charge on any atom is 0.309 e. The molecule has 1 aliphatic carbocycles. The number of rotatable bonds is 4. The lowest BCUT2D eigenvalue weighted by Crippen LogP contribution is -2.07. The topological polar surface area (TPSA) is 52.1 Å².